The molecular weight excluding hydrogens is 851 g/mol. The summed E-state index contributed by atoms with van der Waals surface area (Å²) in [7, 11) is 0. The normalized spacial score (nSPS) is 13.9. The maximum atomic E-state index is 13.2. The topological polar surface area (TPSA) is 95.9 Å². The third-order valence-electron chi connectivity index (χ3n) is 12.6. The predicted molar refractivity (Wildman–Crippen MR) is 300 cm³/mol. The van der Waals surface area contributed by atoms with E-state index in [0.717, 1.165) is 83.5 Å². The van der Waals surface area contributed by atoms with Crippen LogP contribution in [0.5, 0.6) is 0 Å². The van der Waals surface area contributed by atoms with E-state index in [-0.39, 0.29) is 24.9 Å². The smallest absolute Gasteiger partial charge is 0.306 e. The van der Waals surface area contributed by atoms with Crippen molar-refractivity contribution in [2.24, 2.45) is 0 Å². The van der Waals surface area contributed by atoms with E-state index < -0.39 is 18.2 Å². The maximum Gasteiger partial charge on any atom is 0.306 e. The minimum absolute atomic E-state index is 0.0545. The van der Waals surface area contributed by atoms with Gasteiger partial charge in [0.15, 0.2) is 0 Å². The Bertz CT molecular complexity index is 1350. The number of hydrogen-bond acceptors (Lipinski definition) is 5. The average molecular weight is 961 g/mol. The number of esters is 1. The first kappa shape index (κ1) is 65.8. The highest BCUT2D eigenvalue weighted by Gasteiger charge is 2.23. The Hall–Kier alpha value is -3.22. The fraction of sp³-hybridized carbons (Fsp3) is 0.714. The molecule has 3 atom stereocenters. The molecule has 3 unspecified atom stereocenters. The summed E-state index contributed by atoms with van der Waals surface area (Å²) in [4.78, 5) is 26.2. The zero-order chi connectivity index (χ0) is 50.2. The Labute approximate surface area is 426 Å². The van der Waals surface area contributed by atoms with E-state index in [4.69, 9.17) is 4.74 Å². The second-order valence-electron chi connectivity index (χ2n) is 19.3. The minimum Gasteiger partial charge on any atom is -0.458 e. The van der Waals surface area contributed by atoms with E-state index in [2.05, 4.69) is 111 Å². The number of aliphatic hydroxyl groups excluding tert-OH is 2. The van der Waals surface area contributed by atoms with E-state index in [1.54, 1.807) is 6.08 Å². The third-order valence-corrected chi connectivity index (χ3v) is 12.6. The van der Waals surface area contributed by atoms with Crippen LogP contribution in [0.2, 0.25) is 0 Å². The van der Waals surface area contributed by atoms with Crippen LogP contribution in [0.15, 0.2) is 97.2 Å². The predicted octanol–water partition coefficient (Wildman–Crippen LogP) is 18.1. The van der Waals surface area contributed by atoms with Gasteiger partial charge in [0.2, 0.25) is 5.91 Å². The lowest BCUT2D eigenvalue weighted by molar-refractivity contribution is -0.148. The monoisotopic (exact) mass is 960 g/mol. The Kier molecular flexibility index (Phi) is 53.1. The molecule has 0 saturated carbocycles. The molecule has 1 amide bonds. The van der Waals surface area contributed by atoms with Crippen molar-refractivity contribution in [3.05, 3.63) is 97.2 Å². The summed E-state index contributed by atoms with van der Waals surface area (Å²) in [6.45, 7) is 6.32. The summed E-state index contributed by atoms with van der Waals surface area (Å²) < 4.78 is 5.85. The molecule has 0 rings (SSSR count). The van der Waals surface area contributed by atoms with Crippen molar-refractivity contribution in [1.29, 1.82) is 0 Å². The van der Waals surface area contributed by atoms with Gasteiger partial charge in [-0.1, -0.05) is 260 Å². The van der Waals surface area contributed by atoms with E-state index in [1.807, 2.05) is 6.08 Å². The van der Waals surface area contributed by atoms with Crippen molar-refractivity contribution < 1.29 is 24.5 Å². The first-order valence-corrected chi connectivity index (χ1v) is 29.0. The van der Waals surface area contributed by atoms with E-state index in [9.17, 15) is 19.8 Å². The van der Waals surface area contributed by atoms with Crippen LogP contribution < -0.4 is 5.32 Å². The van der Waals surface area contributed by atoms with Gasteiger partial charge < -0.3 is 20.3 Å². The summed E-state index contributed by atoms with van der Waals surface area (Å²) in [6, 6.07) is -0.751. The quantitative estimate of drug-likeness (QED) is 0.0321. The van der Waals surface area contributed by atoms with Crippen molar-refractivity contribution in [3.63, 3.8) is 0 Å². The van der Waals surface area contributed by atoms with E-state index in [0.29, 0.717) is 19.3 Å². The van der Waals surface area contributed by atoms with E-state index in [1.165, 1.54) is 135 Å². The molecule has 0 radical (unpaired) electrons. The highest BCUT2D eigenvalue weighted by atomic mass is 16.5. The molecule has 0 aromatic carbocycles. The Morgan fingerprint density at radius 3 is 1.26 bits per heavy atom. The van der Waals surface area contributed by atoms with Crippen molar-refractivity contribution >= 4 is 11.9 Å². The molecule has 6 nitrogen and oxygen atoms in total. The molecule has 0 heterocycles. The van der Waals surface area contributed by atoms with Crippen LogP contribution in [0, 0.1) is 0 Å². The molecule has 0 aliphatic carbocycles. The molecule has 0 spiro atoms. The van der Waals surface area contributed by atoms with Gasteiger partial charge in [-0.25, -0.2) is 0 Å². The number of aliphatic hydroxyl groups is 2. The molecule has 3 N–H and O–H groups in total. The zero-order valence-corrected chi connectivity index (χ0v) is 45.2. The van der Waals surface area contributed by atoms with E-state index >= 15 is 0 Å². The van der Waals surface area contributed by atoms with Gasteiger partial charge in [0, 0.05) is 6.42 Å². The fourth-order valence-electron chi connectivity index (χ4n) is 8.28. The van der Waals surface area contributed by atoms with Gasteiger partial charge in [0.25, 0.3) is 0 Å². The van der Waals surface area contributed by atoms with Crippen LogP contribution in [0.25, 0.3) is 0 Å². The van der Waals surface area contributed by atoms with Crippen LogP contribution >= 0.6 is 0 Å². The van der Waals surface area contributed by atoms with Crippen LogP contribution in [-0.2, 0) is 14.3 Å². The molecule has 69 heavy (non-hydrogen) atoms. The standard InChI is InChI=1S/C63H109NO5/c1-4-7-10-13-16-19-22-25-28-31-33-36-39-42-45-48-51-54-59(69-63(68)56-53-50-47-44-41-38-35-32-29-26-23-20-17-14-11-8-5-2)57-62(67)64-60(58-65)61(66)55-52-49-46-43-40-37-34-30-27-24-21-18-15-12-9-6-3/h7,10,16-17,19-20,25-26,28-29,33,36,42,45,51,54,59-61,65-66H,4-6,8-9,11-15,18,21-24,27,30-32,34-35,37-41,43-44,46-50,52-53,55-58H2,1-3H3,(H,64,67)/b10-7-,19-16-,20-17-,28-25-,29-26-,36-33-,45-42-,54-51-. The molecule has 396 valence electrons. The number of nitrogens with one attached hydrogen (secondary N) is 1. The average Bonchev–Trinajstić information content (AvgIpc) is 3.34. The van der Waals surface area contributed by atoms with Crippen LogP contribution in [0.4, 0.5) is 0 Å². The summed E-state index contributed by atoms with van der Waals surface area (Å²) in [5.74, 6) is -0.639. The Balaban J connectivity index is 4.73. The van der Waals surface area contributed by atoms with Crippen molar-refractivity contribution in [2.45, 2.75) is 283 Å². The van der Waals surface area contributed by atoms with Crippen molar-refractivity contribution in [1.82, 2.24) is 5.32 Å². The number of amides is 1. The number of allylic oxidation sites excluding steroid dienone is 15. The summed E-state index contributed by atoms with van der Waals surface area (Å²) >= 11 is 0. The molecule has 6 heteroatoms. The van der Waals surface area contributed by atoms with Crippen molar-refractivity contribution in [2.75, 3.05) is 6.61 Å². The maximum absolute atomic E-state index is 13.2. The third kappa shape index (κ3) is 51.0. The zero-order valence-electron chi connectivity index (χ0n) is 45.2. The lowest BCUT2D eigenvalue weighted by atomic mass is 10.0. The van der Waals surface area contributed by atoms with Gasteiger partial charge >= 0.3 is 5.97 Å². The van der Waals surface area contributed by atoms with Gasteiger partial charge in [-0.05, 0) is 89.5 Å². The lowest BCUT2D eigenvalue weighted by Gasteiger charge is -2.23. The molecule has 0 bridgehead atoms. The number of hydrogen-bond donors (Lipinski definition) is 3. The van der Waals surface area contributed by atoms with Crippen LogP contribution in [0.1, 0.15) is 265 Å². The number of ether oxygens (including phenoxy) is 1. The molecular formula is C63H109NO5. The van der Waals surface area contributed by atoms with Gasteiger partial charge in [-0.3, -0.25) is 9.59 Å². The highest BCUT2D eigenvalue weighted by Crippen LogP contribution is 2.16. The Morgan fingerprint density at radius 2 is 0.812 bits per heavy atom. The lowest BCUT2D eigenvalue weighted by Crippen LogP contribution is -2.46. The van der Waals surface area contributed by atoms with Gasteiger partial charge in [-0.15, -0.1) is 0 Å². The summed E-state index contributed by atoms with van der Waals surface area (Å²) in [6.07, 6.45) is 75.0. The number of carbonyl (C=O) groups excluding carboxylic acids is 2. The highest BCUT2D eigenvalue weighted by molar-refractivity contribution is 5.78. The van der Waals surface area contributed by atoms with Gasteiger partial charge in [0.1, 0.15) is 6.10 Å². The minimum atomic E-state index is -0.827. The van der Waals surface area contributed by atoms with Gasteiger partial charge in [-0.2, -0.15) is 0 Å². The van der Waals surface area contributed by atoms with Crippen LogP contribution in [-0.4, -0.2) is 46.9 Å². The first-order valence-electron chi connectivity index (χ1n) is 29.0. The molecule has 0 aliphatic heterocycles. The molecule has 0 aromatic rings. The molecule has 0 aliphatic rings. The SMILES string of the molecule is CC/C=C\C/C=C\C/C=C\C/C=C\C/C=C\C/C=C\C(CC(=O)NC(CO)C(O)CCCCCCCCCCCCCCCCCC)OC(=O)CCCCCCCCC/C=C\C/C=C\CCCCC. The molecule has 0 aromatic heterocycles. The second kappa shape index (κ2) is 55.7. The molecule has 0 fully saturated rings. The van der Waals surface area contributed by atoms with Crippen LogP contribution in [0.3, 0.4) is 0 Å². The number of rotatable bonds is 51. The first-order chi connectivity index (χ1) is 34.0. The Morgan fingerprint density at radius 1 is 0.449 bits per heavy atom. The van der Waals surface area contributed by atoms with Crippen molar-refractivity contribution in [3.8, 4) is 0 Å². The summed E-state index contributed by atoms with van der Waals surface area (Å²) in [5.41, 5.74) is 0. The largest absolute Gasteiger partial charge is 0.458 e. The molecule has 0 saturated heterocycles. The summed E-state index contributed by atoms with van der Waals surface area (Å²) in [5, 5.41) is 23.8. The number of carbonyl (C=O) groups is 2. The van der Waals surface area contributed by atoms with Gasteiger partial charge in [0.05, 0.1) is 25.2 Å². The second-order valence-corrected chi connectivity index (χ2v) is 19.3. The number of unbranched alkanes of at least 4 members (excludes halogenated alkanes) is 25. The fourth-order valence-corrected chi connectivity index (χ4v) is 8.28.